The number of allylic oxidation sites excluding steroid dienone is 1. The molecule has 7 nitrogen and oxygen atoms in total. The van der Waals surface area contributed by atoms with Crippen LogP contribution in [0.15, 0.2) is 67.3 Å². The number of hydrogen-bond donors (Lipinski definition) is 3. The lowest BCUT2D eigenvalue weighted by Gasteiger charge is -2.29. The normalized spacial score (nSPS) is 14.8. The number of H-pyrrole nitrogens is 2. The summed E-state index contributed by atoms with van der Waals surface area (Å²) in [5, 5.41) is 13.5. The molecule has 0 amide bonds. The predicted octanol–water partition coefficient (Wildman–Crippen LogP) is 7.13. The highest BCUT2D eigenvalue weighted by molar-refractivity contribution is 5.99. The summed E-state index contributed by atoms with van der Waals surface area (Å²) in [6.07, 6.45) is 10.5. The van der Waals surface area contributed by atoms with Crippen LogP contribution >= 0.6 is 0 Å². The Hall–Kier alpha value is -4.13. The van der Waals surface area contributed by atoms with Gasteiger partial charge in [-0.2, -0.15) is 5.10 Å². The van der Waals surface area contributed by atoms with E-state index in [4.69, 9.17) is 0 Å². The topological polar surface area (TPSA) is 85.5 Å². The third-order valence-electron chi connectivity index (χ3n) is 7.61. The van der Waals surface area contributed by atoms with Gasteiger partial charge in [-0.05, 0) is 67.5 Å². The minimum absolute atomic E-state index is 0.398. The van der Waals surface area contributed by atoms with Gasteiger partial charge in [0.15, 0.2) is 0 Å². The molecule has 37 heavy (non-hydrogen) atoms. The molecule has 4 aromatic heterocycles. The molecule has 0 bridgehead atoms. The Morgan fingerprint density at radius 2 is 1.92 bits per heavy atom. The third kappa shape index (κ3) is 4.46. The molecular formula is C30H33N7. The van der Waals surface area contributed by atoms with Crippen LogP contribution in [0.25, 0.3) is 44.5 Å². The van der Waals surface area contributed by atoms with E-state index in [9.17, 15) is 0 Å². The van der Waals surface area contributed by atoms with E-state index >= 15 is 0 Å². The van der Waals surface area contributed by atoms with Gasteiger partial charge in [-0.25, -0.2) is 4.98 Å². The Morgan fingerprint density at radius 3 is 2.76 bits per heavy atom. The van der Waals surface area contributed by atoms with Gasteiger partial charge in [0.2, 0.25) is 0 Å². The number of nitrogens with one attached hydrogen (secondary N) is 3. The zero-order chi connectivity index (χ0) is 25.4. The van der Waals surface area contributed by atoms with Crippen LogP contribution < -0.4 is 10.2 Å². The van der Waals surface area contributed by atoms with Crippen LogP contribution in [0.3, 0.4) is 0 Å². The second-order valence-electron chi connectivity index (χ2n) is 10.1. The van der Waals surface area contributed by atoms with Crippen molar-refractivity contribution < 1.29 is 0 Å². The van der Waals surface area contributed by atoms with Crippen molar-refractivity contribution in [2.75, 3.05) is 23.3 Å². The Balaban J connectivity index is 1.36. The molecule has 0 aliphatic carbocycles. The molecule has 3 N–H and O–H groups in total. The number of piperidine rings is 1. The summed E-state index contributed by atoms with van der Waals surface area (Å²) in [6, 6.07) is 12.8. The maximum Gasteiger partial charge on any atom is 0.139 e. The SMILES string of the molecule is C=C(Nc1cncc(-c2ccc3[nH]nc(-c4cc5c(N6CCCCC6)ccnc5[nH]4)c3c2)c1)C(C)CC. The van der Waals surface area contributed by atoms with Crippen LogP contribution in [0.4, 0.5) is 11.4 Å². The summed E-state index contributed by atoms with van der Waals surface area (Å²) in [4.78, 5) is 15.1. The fourth-order valence-electron chi connectivity index (χ4n) is 5.17. The number of rotatable bonds is 7. The maximum absolute atomic E-state index is 4.69. The van der Waals surface area contributed by atoms with Gasteiger partial charge >= 0.3 is 0 Å². The van der Waals surface area contributed by atoms with Crippen molar-refractivity contribution in [3.63, 3.8) is 0 Å². The van der Waals surface area contributed by atoms with E-state index in [0.717, 1.165) is 75.3 Å². The molecule has 1 atom stereocenters. The average Bonchev–Trinajstić information content (AvgIpc) is 3.56. The lowest BCUT2D eigenvalue weighted by Crippen LogP contribution is -2.29. The van der Waals surface area contributed by atoms with E-state index < -0.39 is 0 Å². The van der Waals surface area contributed by atoms with Crippen molar-refractivity contribution in [1.82, 2.24) is 25.1 Å². The number of fused-ring (bicyclic) bond motifs is 2. The molecule has 188 valence electrons. The maximum atomic E-state index is 4.69. The summed E-state index contributed by atoms with van der Waals surface area (Å²) < 4.78 is 0. The summed E-state index contributed by atoms with van der Waals surface area (Å²) in [5.41, 5.74) is 9.09. The second-order valence-corrected chi connectivity index (χ2v) is 10.1. The molecule has 5 aromatic rings. The molecule has 1 fully saturated rings. The second kappa shape index (κ2) is 9.73. The molecule has 1 aromatic carbocycles. The van der Waals surface area contributed by atoms with Crippen LogP contribution in [0.5, 0.6) is 0 Å². The van der Waals surface area contributed by atoms with Gasteiger partial charge in [-0.1, -0.05) is 26.5 Å². The number of nitrogens with zero attached hydrogens (tertiary/aromatic N) is 4. The molecule has 0 radical (unpaired) electrons. The van der Waals surface area contributed by atoms with Crippen molar-refractivity contribution in [2.24, 2.45) is 5.92 Å². The summed E-state index contributed by atoms with van der Waals surface area (Å²) in [6.45, 7) is 10.7. The first kappa shape index (κ1) is 23.3. The number of pyridine rings is 2. The number of aromatic amines is 2. The Bertz CT molecular complexity index is 1570. The van der Waals surface area contributed by atoms with E-state index in [1.54, 1.807) is 0 Å². The third-order valence-corrected chi connectivity index (χ3v) is 7.61. The molecular weight excluding hydrogens is 458 g/mol. The van der Waals surface area contributed by atoms with Crippen LogP contribution in [0.1, 0.15) is 39.5 Å². The van der Waals surface area contributed by atoms with Crippen molar-refractivity contribution in [3.8, 4) is 22.5 Å². The van der Waals surface area contributed by atoms with Crippen LogP contribution in [0.2, 0.25) is 0 Å². The number of aromatic nitrogens is 5. The lowest BCUT2D eigenvalue weighted by atomic mass is 10.0. The Morgan fingerprint density at radius 1 is 1.05 bits per heavy atom. The zero-order valence-corrected chi connectivity index (χ0v) is 21.5. The number of hydrogen-bond acceptors (Lipinski definition) is 5. The van der Waals surface area contributed by atoms with E-state index in [2.05, 4.69) is 92.2 Å². The summed E-state index contributed by atoms with van der Waals surface area (Å²) in [7, 11) is 0. The highest BCUT2D eigenvalue weighted by Crippen LogP contribution is 2.35. The Kier molecular flexibility index (Phi) is 6.12. The minimum atomic E-state index is 0.398. The quantitative estimate of drug-likeness (QED) is 0.225. The first-order valence-corrected chi connectivity index (χ1v) is 13.2. The predicted molar refractivity (Wildman–Crippen MR) is 153 cm³/mol. The van der Waals surface area contributed by atoms with E-state index in [1.165, 1.54) is 24.9 Å². The fourth-order valence-corrected chi connectivity index (χ4v) is 5.17. The molecule has 1 unspecified atom stereocenters. The van der Waals surface area contributed by atoms with Gasteiger partial charge in [0.05, 0.1) is 23.1 Å². The number of benzene rings is 1. The van der Waals surface area contributed by atoms with Crippen molar-refractivity contribution in [3.05, 3.63) is 67.3 Å². The van der Waals surface area contributed by atoms with Gasteiger partial charge in [0, 0.05) is 53.2 Å². The van der Waals surface area contributed by atoms with E-state index in [0.29, 0.717) is 5.92 Å². The van der Waals surface area contributed by atoms with E-state index in [1.807, 2.05) is 18.6 Å². The van der Waals surface area contributed by atoms with Gasteiger partial charge in [0.25, 0.3) is 0 Å². The van der Waals surface area contributed by atoms with Gasteiger partial charge in [-0.15, -0.1) is 0 Å². The molecule has 1 saturated heterocycles. The molecule has 0 saturated carbocycles. The van der Waals surface area contributed by atoms with Crippen molar-refractivity contribution in [2.45, 2.75) is 39.5 Å². The molecule has 1 aliphatic rings. The monoisotopic (exact) mass is 491 g/mol. The van der Waals surface area contributed by atoms with Crippen LogP contribution in [-0.2, 0) is 0 Å². The Labute approximate surface area is 217 Å². The molecule has 6 rings (SSSR count). The molecule has 1 aliphatic heterocycles. The van der Waals surface area contributed by atoms with Gasteiger partial charge in [0.1, 0.15) is 11.3 Å². The van der Waals surface area contributed by atoms with Crippen molar-refractivity contribution >= 4 is 33.3 Å². The first-order chi connectivity index (χ1) is 18.1. The highest BCUT2D eigenvalue weighted by atomic mass is 15.1. The lowest BCUT2D eigenvalue weighted by molar-refractivity contribution is 0.579. The van der Waals surface area contributed by atoms with Gasteiger partial charge < -0.3 is 15.2 Å². The largest absolute Gasteiger partial charge is 0.371 e. The van der Waals surface area contributed by atoms with Crippen LogP contribution in [0, 0.1) is 5.92 Å². The highest BCUT2D eigenvalue weighted by Gasteiger charge is 2.18. The van der Waals surface area contributed by atoms with Gasteiger partial charge in [-0.3, -0.25) is 10.1 Å². The molecule has 5 heterocycles. The van der Waals surface area contributed by atoms with Crippen LogP contribution in [-0.4, -0.2) is 38.2 Å². The minimum Gasteiger partial charge on any atom is -0.371 e. The molecule has 7 heteroatoms. The summed E-state index contributed by atoms with van der Waals surface area (Å²) >= 11 is 0. The average molecular weight is 492 g/mol. The number of anilines is 2. The summed E-state index contributed by atoms with van der Waals surface area (Å²) in [5.74, 6) is 0.398. The standard InChI is InChI=1S/C30H33N7/c1-4-19(2)20(3)33-23-14-22(17-31-18-23)21-8-9-26-24(15-21)29(36-35-26)27-16-25-28(10-11-32-30(25)34-27)37-12-6-5-7-13-37/h8-11,14-19,33H,3-7,12-13H2,1-2H3,(H,32,34)(H,35,36). The smallest absolute Gasteiger partial charge is 0.139 e. The fraction of sp³-hybridized carbons (Fsp3) is 0.300. The van der Waals surface area contributed by atoms with E-state index in [-0.39, 0.29) is 0 Å². The van der Waals surface area contributed by atoms with Crippen molar-refractivity contribution in [1.29, 1.82) is 0 Å². The molecule has 0 spiro atoms. The zero-order valence-electron chi connectivity index (χ0n) is 21.5. The first-order valence-electron chi connectivity index (χ1n) is 13.2.